The first-order valence-corrected chi connectivity index (χ1v) is 8.87. The van der Waals surface area contributed by atoms with E-state index in [1.807, 2.05) is 4.68 Å². The second-order valence-corrected chi connectivity index (χ2v) is 7.51. The van der Waals surface area contributed by atoms with Crippen LogP contribution in [0.3, 0.4) is 0 Å². The van der Waals surface area contributed by atoms with E-state index in [0.717, 1.165) is 56.5 Å². The standard InChI is InChI=1S/C17H32N6O/c1-6-18-16(19-10-9-17(2,3)4)20-13-7-8-15-21-14(12-24-5)22-23(15)11-13/h13H,6-12H2,1-5H3,(H2,18,19,20). The fourth-order valence-corrected chi connectivity index (χ4v) is 2.69. The monoisotopic (exact) mass is 336 g/mol. The molecule has 1 unspecified atom stereocenters. The molecule has 2 heterocycles. The number of guanidine groups is 1. The molecule has 0 aliphatic carbocycles. The molecule has 24 heavy (non-hydrogen) atoms. The minimum atomic E-state index is 0.305. The zero-order chi connectivity index (χ0) is 17.6. The van der Waals surface area contributed by atoms with Gasteiger partial charge < -0.3 is 15.4 Å². The minimum Gasteiger partial charge on any atom is -0.377 e. The number of aliphatic imine (C=N–C) groups is 1. The Labute approximate surface area is 145 Å². The Hall–Kier alpha value is -1.63. The van der Waals surface area contributed by atoms with Gasteiger partial charge in [0.1, 0.15) is 12.4 Å². The normalized spacial score (nSPS) is 18.4. The van der Waals surface area contributed by atoms with Gasteiger partial charge in [-0.3, -0.25) is 4.99 Å². The van der Waals surface area contributed by atoms with Gasteiger partial charge in [0.25, 0.3) is 0 Å². The first kappa shape index (κ1) is 18.7. The highest BCUT2D eigenvalue weighted by atomic mass is 16.5. The summed E-state index contributed by atoms with van der Waals surface area (Å²) in [5, 5.41) is 11.4. The SMILES string of the molecule is CCNC(=NCCC(C)(C)C)NC1CCc2nc(COC)nn2C1. The van der Waals surface area contributed by atoms with Crippen molar-refractivity contribution in [1.82, 2.24) is 25.4 Å². The number of methoxy groups -OCH3 is 1. The highest BCUT2D eigenvalue weighted by molar-refractivity contribution is 5.80. The molecule has 0 saturated heterocycles. The maximum Gasteiger partial charge on any atom is 0.191 e. The van der Waals surface area contributed by atoms with Crippen LogP contribution in [0.15, 0.2) is 4.99 Å². The summed E-state index contributed by atoms with van der Waals surface area (Å²) in [6.07, 6.45) is 3.03. The molecule has 1 aromatic heterocycles. The molecule has 2 rings (SSSR count). The lowest BCUT2D eigenvalue weighted by molar-refractivity contribution is 0.177. The van der Waals surface area contributed by atoms with Gasteiger partial charge in [-0.05, 0) is 25.2 Å². The first-order valence-electron chi connectivity index (χ1n) is 8.87. The van der Waals surface area contributed by atoms with Crippen LogP contribution < -0.4 is 10.6 Å². The number of nitrogens with one attached hydrogen (secondary N) is 2. The fourth-order valence-electron chi connectivity index (χ4n) is 2.69. The van der Waals surface area contributed by atoms with Gasteiger partial charge in [-0.15, -0.1) is 0 Å². The second kappa shape index (κ2) is 8.46. The van der Waals surface area contributed by atoms with E-state index in [1.165, 1.54) is 0 Å². The smallest absolute Gasteiger partial charge is 0.191 e. The number of ether oxygens (including phenoxy) is 1. The van der Waals surface area contributed by atoms with Crippen LogP contribution in [0.2, 0.25) is 0 Å². The van der Waals surface area contributed by atoms with Crippen LogP contribution >= 0.6 is 0 Å². The summed E-state index contributed by atoms with van der Waals surface area (Å²) in [6.45, 7) is 11.8. The third-order valence-corrected chi connectivity index (χ3v) is 3.99. The van der Waals surface area contributed by atoms with Crippen LogP contribution in [0.25, 0.3) is 0 Å². The van der Waals surface area contributed by atoms with Crippen molar-refractivity contribution in [3.8, 4) is 0 Å². The van der Waals surface area contributed by atoms with Crippen molar-refractivity contribution in [2.45, 2.75) is 66.2 Å². The molecule has 7 nitrogen and oxygen atoms in total. The maximum absolute atomic E-state index is 5.12. The van der Waals surface area contributed by atoms with Gasteiger partial charge in [0, 0.05) is 32.7 Å². The van der Waals surface area contributed by atoms with Crippen LogP contribution in [0.1, 0.15) is 52.2 Å². The largest absolute Gasteiger partial charge is 0.377 e. The summed E-state index contributed by atoms with van der Waals surface area (Å²) in [7, 11) is 1.67. The highest BCUT2D eigenvalue weighted by Gasteiger charge is 2.22. The summed E-state index contributed by atoms with van der Waals surface area (Å²) >= 11 is 0. The van der Waals surface area contributed by atoms with E-state index in [9.17, 15) is 0 Å². The lowest BCUT2D eigenvalue weighted by Crippen LogP contribution is -2.47. The molecule has 2 N–H and O–H groups in total. The molecule has 1 aromatic rings. The van der Waals surface area contributed by atoms with Crippen molar-refractivity contribution in [3.63, 3.8) is 0 Å². The molecular weight excluding hydrogens is 304 g/mol. The molecule has 0 bridgehead atoms. The molecule has 0 radical (unpaired) electrons. The Balaban J connectivity index is 1.93. The summed E-state index contributed by atoms with van der Waals surface area (Å²) in [5.74, 6) is 2.71. The number of rotatable bonds is 6. The van der Waals surface area contributed by atoms with Gasteiger partial charge in [0.2, 0.25) is 0 Å². The van der Waals surface area contributed by atoms with E-state index in [4.69, 9.17) is 9.73 Å². The molecule has 7 heteroatoms. The first-order chi connectivity index (χ1) is 11.4. The fraction of sp³-hybridized carbons (Fsp3) is 0.824. The predicted molar refractivity (Wildman–Crippen MR) is 96.0 cm³/mol. The molecule has 0 saturated carbocycles. The van der Waals surface area contributed by atoms with E-state index in [1.54, 1.807) is 7.11 Å². The molecule has 1 aliphatic heterocycles. The van der Waals surface area contributed by atoms with Gasteiger partial charge in [0.15, 0.2) is 11.8 Å². The predicted octanol–water partition coefficient (Wildman–Crippen LogP) is 1.73. The van der Waals surface area contributed by atoms with Crippen molar-refractivity contribution in [1.29, 1.82) is 0 Å². The zero-order valence-corrected chi connectivity index (χ0v) is 15.7. The average molecular weight is 336 g/mol. The molecule has 1 aliphatic rings. The molecule has 0 spiro atoms. The summed E-state index contributed by atoms with van der Waals surface area (Å²) in [5.41, 5.74) is 0.305. The van der Waals surface area contributed by atoms with Crippen LogP contribution in [-0.4, -0.2) is 47.0 Å². The molecule has 136 valence electrons. The Kier molecular flexibility index (Phi) is 6.60. The number of aromatic nitrogens is 3. The topological polar surface area (TPSA) is 76.4 Å². The lowest BCUT2D eigenvalue weighted by atomic mass is 9.92. The zero-order valence-electron chi connectivity index (χ0n) is 15.7. The van der Waals surface area contributed by atoms with Crippen molar-refractivity contribution < 1.29 is 4.74 Å². The van der Waals surface area contributed by atoms with E-state index < -0.39 is 0 Å². The molecule has 1 atom stereocenters. The number of hydrogen-bond acceptors (Lipinski definition) is 4. The molecule has 0 fully saturated rings. The van der Waals surface area contributed by atoms with Crippen molar-refractivity contribution in [3.05, 3.63) is 11.6 Å². The average Bonchev–Trinajstić information content (AvgIpc) is 2.88. The van der Waals surface area contributed by atoms with Gasteiger partial charge in [-0.1, -0.05) is 20.8 Å². The van der Waals surface area contributed by atoms with Crippen LogP contribution in [0.4, 0.5) is 0 Å². The molecule has 0 amide bonds. The Morgan fingerprint density at radius 2 is 2.21 bits per heavy atom. The van der Waals surface area contributed by atoms with Crippen LogP contribution in [0, 0.1) is 5.41 Å². The van der Waals surface area contributed by atoms with Gasteiger partial charge in [-0.2, -0.15) is 5.10 Å². The second-order valence-electron chi connectivity index (χ2n) is 7.51. The third kappa shape index (κ3) is 5.78. The van der Waals surface area contributed by atoms with E-state index in [0.29, 0.717) is 18.1 Å². The summed E-state index contributed by atoms with van der Waals surface area (Å²) in [4.78, 5) is 9.23. The lowest BCUT2D eigenvalue weighted by Gasteiger charge is -2.25. The summed E-state index contributed by atoms with van der Waals surface area (Å²) in [6, 6.07) is 0.321. The number of nitrogens with zero attached hydrogens (tertiary/aromatic N) is 4. The van der Waals surface area contributed by atoms with Crippen molar-refractivity contribution >= 4 is 5.96 Å². The highest BCUT2D eigenvalue weighted by Crippen LogP contribution is 2.18. The minimum absolute atomic E-state index is 0.305. The van der Waals surface area contributed by atoms with Gasteiger partial charge in [0.05, 0.1) is 6.54 Å². The van der Waals surface area contributed by atoms with Gasteiger partial charge >= 0.3 is 0 Å². The van der Waals surface area contributed by atoms with E-state index >= 15 is 0 Å². The number of aryl methyl sites for hydroxylation is 1. The number of hydrogen-bond donors (Lipinski definition) is 2. The Morgan fingerprint density at radius 1 is 1.42 bits per heavy atom. The van der Waals surface area contributed by atoms with Crippen LogP contribution in [-0.2, 0) is 24.3 Å². The van der Waals surface area contributed by atoms with Gasteiger partial charge in [-0.25, -0.2) is 9.67 Å². The molecule has 0 aromatic carbocycles. The van der Waals surface area contributed by atoms with Crippen LogP contribution in [0.5, 0.6) is 0 Å². The quantitative estimate of drug-likeness (QED) is 0.611. The van der Waals surface area contributed by atoms with E-state index in [-0.39, 0.29) is 0 Å². The Bertz CT molecular complexity index is 546. The Morgan fingerprint density at radius 3 is 2.88 bits per heavy atom. The number of fused-ring (bicyclic) bond motifs is 1. The summed E-state index contributed by atoms with van der Waals surface area (Å²) < 4.78 is 7.11. The maximum atomic E-state index is 5.12. The van der Waals surface area contributed by atoms with Crippen molar-refractivity contribution in [2.75, 3.05) is 20.2 Å². The van der Waals surface area contributed by atoms with E-state index in [2.05, 4.69) is 48.4 Å². The third-order valence-electron chi connectivity index (χ3n) is 3.99. The molecular formula is C17H32N6O. The van der Waals surface area contributed by atoms with Crippen molar-refractivity contribution in [2.24, 2.45) is 10.4 Å².